The molecule has 0 bridgehead atoms. The fraction of sp³-hybridized carbons (Fsp3) is 0.500. The van der Waals surface area contributed by atoms with Gasteiger partial charge >= 0.3 is 0 Å². The summed E-state index contributed by atoms with van der Waals surface area (Å²) in [7, 11) is 0. The first-order chi connectivity index (χ1) is 9.97. The summed E-state index contributed by atoms with van der Waals surface area (Å²) in [5.74, 6) is -0.0581. The third-order valence-corrected chi connectivity index (χ3v) is 4.70. The van der Waals surface area contributed by atoms with Gasteiger partial charge in [-0.25, -0.2) is 4.98 Å². The van der Waals surface area contributed by atoms with Crippen LogP contribution >= 0.6 is 22.9 Å². The normalized spacial score (nSPS) is 12.6. The van der Waals surface area contributed by atoms with Crippen LogP contribution in [0.3, 0.4) is 0 Å². The molecule has 21 heavy (non-hydrogen) atoms. The van der Waals surface area contributed by atoms with Crippen molar-refractivity contribution < 1.29 is 4.79 Å². The van der Waals surface area contributed by atoms with Crippen molar-refractivity contribution in [2.75, 3.05) is 0 Å². The van der Waals surface area contributed by atoms with Crippen LogP contribution < -0.4 is 5.73 Å². The van der Waals surface area contributed by atoms with E-state index in [1.807, 2.05) is 20.8 Å². The molecule has 0 spiro atoms. The van der Waals surface area contributed by atoms with Crippen LogP contribution in [0.4, 0.5) is 0 Å². The zero-order valence-corrected chi connectivity index (χ0v) is 14.0. The van der Waals surface area contributed by atoms with Crippen LogP contribution in [0.15, 0.2) is 5.38 Å². The van der Waals surface area contributed by atoms with Gasteiger partial charge in [0.05, 0.1) is 28.9 Å². The highest BCUT2D eigenvalue weighted by atomic mass is 35.5. The van der Waals surface area contributed by atoms with E-state index in [4.69, 9.17) is 17.3 Å². The predicted octanol–water partition coefficient (Wildman–Crippen LogP) is 3.02. The monoisotopic (exact) mass is 326 g/mol. The Morgan fingerprint density at radius 1 is 1.52 bits per heavy atom. The van der Waals surface area contributed by atoms with Crippen molar-refractivity contribution in [3.63, 3.8) is 0 Å². The van der Waals surface area contributed by atoms with Crippen LogP contribution in [-0.4, -0.2) is 20.5 Å². The molecule has 0 aliphatic heterocycles. The molecule has 114 valence electrons. The number of ketones is 1. The van der Waals surface area contributed by atoms with Crippen LogP contribution in [0.1, 0.15) is 53.7 Å². The van der Waals surface area contributed by atoms with Crippen molar-refractivity contribution in [1.29, 1.82) is 0 Å². The molecular weight excluding hydrogens is 308 g/mol. The molecule has 2 aromatic rings. The number of carbonyl (C=O) groups excluding carboxylic acids is 1. The van der Waals surface area contributed by atoms with Gasteiger partial charge in [-0.05, 0) is 20.3 Å². The minimum Gasteiger partial charge on any atom is -0.322 e. The van der Waals surface area contributed by atoms with Crippen molar-refractivity contribution in [1.82, 2.24) is 14.8 Å². The maximum Gasteiger partial charge on any atom is 0.188 e. The average Bonchev–Trinajstić information content (AvgIpc) is 3.05. The van der Waals surface area contributed by atoms with Gasteiger partial charge in [-0.15, -0.1) is 11.3 Å². The van der Waals surface area contributed by atoms with Gasteiger partial charge in [-0.2, -0.15) is 5.10 Å². The van der Waals surface area contributed by atoms with E-state index >= 15 is 0 Å². The largest absolute Gasteiger partial charge is 0.322 e. The maximum atomic E-state index is 12.4. The molecule has 0 saturated carbocycles. The van der Waals surface area contributed by atoms with Gasteiger partial charge < -0.3 is 5.73 Å². The molecule has 5 nitrogen and oxygen atoms in total. The summed E-state index contributed by atoms with van der Waals surface area (Å²) in [6.45, 7) is 6.51. The van der Waals surface area contributed by atoms with Crippen LogP contribution in [0.2, 0.25) is 5.02 Å². The van der Waals surface area contributed by atoms with E-state index in [0.717, 1.165) is 22.8 Å². The molecule has 2 rings (SSSR count). The molecule has 7 heteroatoms. The topological polar surface area (TPSA) is 73.8 Å². The van der Waals surface area contributed by atoms with Crippen LogP contribution in [0, 0.1) is 0 Å². The lowest BCUT2D eigenvalue weighted by atomic mass is 10.1. The third kappa shape index (κ3) is 3.33. The van der Waals surface area contributed by atoms with Crippen molar-refractivity contribution in [2.45, 2.75) is 46.2 Å². The number of thiazole rings is 1. The Labute approximate surface area is 133 Å². The van der Waals surface area contributed by atoms with Crippen LogP contribution in [-0.2, 0) is 19.4 Å². The Kier molecular flexibility index (Phi) is 5.13. The average molecular weight is 327 g/mol. The number of nitrogens with zero attached hydrogens (tertiary/aromatic N) is 3. The molecule has 0 saturated heterocycles. The lowest BCUT2D eigenvalue weighted by Crippen LogP contribution is -2.11. The summed E-state index contributed by atoms with van der Waals surface area (Å²) in [5.41, 5.74) is 7.81. The number of hydrogen-bond acceptors (Lipinski definition) is 5. The number of hydrogen-bond donors (Lipinski definition) is 1. The lowest BCUT2D eigenvalue weighted by Gasteiger charge is -2.03. The number of carbonyl (C=O) groups is 1. The number of aromatic nitrogens is 3. The Morgan fingerprint density at radius 2 is 2.24 bits per heavy atom. The van der Waals surface area contributed by atoms with Gasteiger partial charge in [0.25, 0.3) is 0 Å². The second-order valence-corrected chi connectivity index (χ2v) is 6.10. The molecular formula is C14H19ClN4OS. The standard InChI is InChI=1S/C14H19ClN4OS/c1-4-9-13(15)11(19(5-2)18-9)6-12(20)10-7-21-14(17-10)8(3)16/h7-8H,4-6,16H2,1-3H3. The summed E-state index contributed by atoms with van der Waals surface area (Å²) in [6.07, 6.45) is 0.959. The van der Waals surface area contributed by atoms with Crippen LogP contribution in [0.25, 0.3) is 0 Å². The van der Waals surface area contributed by atoms with Crippen molar-refractivity contribution in [2.24, 2.45) is 5.73 Å². The number of Topliss-reactive ketones (excluding diaryl/α,β-unsaturated/α-hetero) is 1. The zero-order chi connectivity index (χ0) is 15.6. The number of rotatable bonds is 6. The number of nitrogens with two attached hydrogens (primary N) is 1. The molecule has 1 unspecified atom stereocenters. The Hall–Kier alpha value is -1.24. The van der Waals surface area contributed by atoms with Gasteiger partial charge in [0.1, 0.15) is 10.7 Å². The van der Waals surface area contributed by atoms with Crippen molar-refractivity contribution >= 4 is 28.7 Å². The second-order valence-electron chi connectivity index (χ2n) is 4.84. The molecule has 2 aromatic heterocycles. The fourth-order valence-electron chi connectivity index (χ4n) is 2.05. The van der Waals surface area contributed by atoms with E-state index in [9.17, 15) is 4.79 Å². The lowest BCUT2D eigenvalue weighted by molar-refractivity contribution is 0.0986. The molecule has 1 atom stereocenters. The predicted molar refractivity (Wildman–Crippen MR) is 85.0 cm³/mol. The van der Waals surface area contributed by atoms with E-state index in [-0.39, 0.29) is 18.2 Å². The van der Waals surface area contributed by atoms with Gasteiger partial charge in [0.2, 0.25) is 0 Å². The van der Waals surface area contributed by atoms with Crippen molar-refractivity contribution in [3.05, 3.63) is 32.5 Å². The molecule has 0 aromatic carbocycles. The van der Waals surface area contributed by atoms with E-state index < -0.39 is 0 Å². The number of aryl methyl sites for hydroxylation is 2. The molecule has 0 radical (unpaired) electrons. The summed E-state index contributed by atoms with van der Waals surface area (Å²) in [5, 5.41) is 7.53. The highest BCUT2D eigenvalue weighted by Gasteiger charge is 2.20. The van der Waals surface area contributed by atoms with Gasteiger partial charge in [0.15, 0.2) is 5.78 Å². The first kappa shape index (κ1) is 16.1. The Bertz CT molecular complexity index is 647. The van der Waals surface area contributed by atoms with Gasteiger partial charge in [-0.3, -0.25) is 9.48 Å². The van der Waals surface area contributed by atoms with Crippen molar-refractivity contribution in [3.8, 4) is 0 Å². The van der Waals surface area contributed by atoms with E-state index in [1.54, 1.807) is 10.1 Å². The van der Waals surface area contributed by atoms with E-state index in [2.05, 4.69) is 10.1 Å². The minimum absolute atomic E-state index is 0.0581. The highest BCUT2D eigenvalue weighted by Crippen LogP contribution is 2.24. The molecule has 0 fully saturated rings. The second kappa shape index (κ2) is 6.68. The molecule has 0 aliphatic rings. The van der Waals surface area contributed by atoms with Gasteiger partial charge in [-0.1, -0.05) is 18.5 Å². The van der Waals surface area contributed by atoms with Crippen LogP contribution in [0.5, 0.6) is 0 Å². The molecule has 0 amide bonds. The Morgan fingerprint density at radius 3 is 2.76 bits per heavy atom. The molecule has 0 aliphatic carbocycles. The minimum atomic E-state index is -0.159. The van der Waals surface area contributed by atoms with E-state index in [0.29, 0.717) is 17.3 Å². The summed E-state index contributed by atoms with van der Waals surface area (Å²) >= 11 is 7.73. The molecule has 2 N–H and O–H groups in total. The maximum absolute atomic E-state index is 12.4. The zero-order valence-electron chi connectivity index (χ0n) is 12.4. The number of halogens is 1. The fourth-order valence-corrected chi connectivity index (χ4v) is 3.17. The SMILES string of the molecule is CCc1nn(CC)c(CC(=O)c2csc(C(C)N)n2)c1Cl. The Balaban J connectivity index is 2.24. The third-order valence-electron chi connectivity index (χ3n) is 3.22. The summed E-state index contributed by atoms with van der Waals surface area (Å²) < 4.78 is 1.79. The van der Waals surface area contributed by atoms with E-state index in [1.165, 1.54) is 11.3 Å². The highest BCUT2D eigenvalue weighted by molar-refractivity contribution is 7.09. The smallest absolute Gasteiger partial charge is 0.188 e. The molecule has 2 heterocycles. The quantitative estimate of drug-likeness (QED) is 0.828. The first-order valence-corrected chi connectivity index (χ1v) is 8.21. The summed E-state index contributed by atoms with van der Waals surface area (Å²) in [6, 6.07) is -0.159. The summed E-state index contributed by atoms with van der Waals surface area (Å²) in [4.78, 5) is 16.7. The van der Waals surface area contributed by atoms with Gasteiger partial charge in [0, 0.05) is 11.9 Å². The first-order valence-electron chi connectivity index (χ1n) is 6.96.